The zero-order chi connectivity index (χ0) is 12.3. The van der Waals surface area contributed by atoms with Crippen LogP contribution in [0.3, 0.4) is 0 Å². The van der Waals surface area contributed by atoms with Crippen LogP contribution in [-0.4, -0.2) is 49.8 Å². The number of hydrogen-bond acceptors (Lipinski definition) is 3. The van der Waals surface area contributed by atoms with Gasteiger partial charge < -0.3 is 15.0 Å². The Morgan fingerprint density at radius 2 is 2.06 bits per heavy atom. The second kappa shape index (κ2) is 5.68. The maximum absolute atomic E-state index is 5.42. The van der Waals surface area contributed by atoms with Gasteiger partial charge in [0, 0.05) is 19.7 Å². The van der Waals surface area contributed by atoms with Crippen molar-refractivity contribution in [2.45, 2.75) is 51.2 Å². The van der Waals surface area contributed by atoms with E-state index in [4.69, 9.17) is 4.74 Å². The third-order valence-corrected chi connectivity index (χ3v) is 4.27. The molecular weight excluding hydrogens is 212 g/mol. The van der Waals surface area contributed by atoms with Gasteiger partial charge in [-0.3, -0.25) is 0 Å². The standard InChI is InChI=1S/C14H28N2O/c1-14(2,17-3)7-8-15-10-12-6-9-16(11-12)13-4-5-13/h12-13,15H,4-11H2,1-3H3. The molecule has 2 fully saturated rings. The van der Waals surface area contributed by atoms with E-state index in [1.807, 2.05) is 0 Å². The average molecular weight is 240 g/mol. The molecule has 0 aromatic heterocycles. The highest BCUT2D eigenvalue weighted by Gasteiger charge is 2.34. The van der Waals surface area contributed by atoms with Gasteiger partial charge >= 0.3 is 0 Å². The van der Waals surface area contributed by atoms with Gasteiger partial charge in [-0.05, 0) is 65.1 Å². The molecule has 1 aliphatic carbocycles. The molecule has 17 heavy (non-hydrogen) atoms. The summed E-state index contributed by atoms with van der Waals surface area (Å²) in [5.41, 5.74) is 0.0166. The zero-order valence-corrected chi connectivity index (χ0v) is 11.7. The lowest BCUT2D eigenvalue weighted by Gasteiger charge is -2.23. The Hall–Kier alpha value is -0.120. The maximum atomic E-state index is 5.42. The van der Waals surface area contributed by atoms with Crippen LogP contribution in [0.4, 0.5) is 0 Å². The van der Waals surface area contributed by atoms with Crippen LogP contribution in [0.2, 0.25) is 0 Å². The maximum Gasteiger partial charge on any atom is 0.0634 e. The lowest BCUT2D eigenvalue weighted by molar-refractivity contribution is 0.0157. The number of ether oxygens (including phenoxy) is 1. The van der Waals surface area contributed by atoms with Crippen molar-refractivity contribution in [2.75, 3.05) is 33.3 Å². The van der Waals surface area contributed by atoms with Gasteiger partial charge in [0.25, 0.3) is 0 Å². The monoisotopic (exact) mass is 240 g/mol. The molecule has 0 spiro atoms. The predicted octanol–water partition coefficient (Wildman–Crippen LogP) is 1.88. The number of nitrogens with zero attached hydrogens (tertiary/aromatic N) is 1. The first kappa shape index (κ1) is 13.3. The van der Waals surface area contributed by atoms with Crippen LogP contribution >= 0.6 is 0 Å². The summed E-state index contributed by atoms with van der Waals surface area (Å²) in [4.78, 5) is 2.69. The van der Waals surface area contributed by atoms with Gasteiger partial charge in [0.15, 0.2) is 0 Å². The Labute approximate surface area is 106 Å². The Kier molecular flexibility index (Phi) is 4.45. The lowest BCUT2D eigenvalue weighted by Crippen LogP contribution is -2.32. The second-order valence-electron chi connectivity index (χ2n) is 6.30. The van der Waals surface area contributed by atoms with Crippen molar-refractivity contribution in [2.24, 2.45) is 5.92 Å². The Balaban J connectivity index is 1.54. The van der Waals surface area contributed by atoms with Crippen molar-refractivity contribution in [3.05, 3.63) is 0 Å². The summed E-state index contributed by atoms with van der Waals surface area (Å²) in [7, 11) is 1.80. The lowest BCUT2D eigenvalue weighted by atomic mass is 10.0. The fourth-order valence-corrected chi connectivity index (χ4v) is 2.60. The van der Waals surface area contributed by atoms with Gasteiger partial charge in [-0.15, -0.1) is 0 Å². The van der Waals surface area contributed by atoms with Crippen molar-refractivity contribution in [3.8, 4) is 0 Å². The van der Waals surface area contributed by atoms with Crippen LogP contribution in [0.25, 0.3) is 0 Å². The van der Waals surface area contributed by atoms with E-state index in [1.165, 1.54) is 38.9 Å². The van der Waals surface area contributed by atoms with Crippen LogP contribution in [0.1, 0.15) is 39.5 Å². The molecule has 2 rings (SSSR count). The Morgan fingerprint density at radius 1 is 1.29 bits per heavy atom. The fourth-order valence-electron chi connectivity index (χ4n) is 2.60. The highest BCUT2D eigenvalue weighted by atomic mass is 16.5. The molecule has 0 bridgehead atoms. The molecule has 2 aliphatic rings. The molecule has 1 saturated carbocycles. The number of hydrogen-bond donors (Lipinski definition) is 1. The summed E-state index contributed by atoms with van der Waals surface area (Å²) in [5, 5.41) is 3.59. The summed E-state index contributed by atoms with van der Waals surface area (Å²) >= 11 is 0. The molecule has 1 aliphatic heterocycles. The Morgan fingerprint density at radius 3 is 2.71 bits per heavy atom. The minimum absolute atomic E-state index is 0.0166. The van der Waals surface area contributed by atoms with Crippen molar-refractivity contribution in [3.63, 3.8) is 0 Å². The number of methoxy groups -OCH3 is 1. The first-order chi connectivity index (χ1) is 8.11. The molecule has 0 aromatic rings. The summed E-state index contributed by atoms with van der Waals surface area (Å²) in [6.45, 7) is 9.22. The van der Waals surface area contributed by atoms with E-state index in [2.05, 4.69) is 24.1 Å². The number of likely N-dealkylation sites (tertiary alicyclic amines) is 1. The number of rotatable bonds is 7. The van der Waals surface area contributed by atoms with E-state index in [9.17, 15) is 0 Å². The highest BCUT2D eigenvalue weighted by molar-refractivity contribution is 4.89. The summed E-state index contributed by atoms with van der Waals surface area (Å²) < 4.78 is 5.42. The van der Waals surface area contributed by atoms with Crippen molar-refractivity contribution in [1.29, 1.82) is 0 Å². The highest BCUT2D eigenvalue weighted by Crippen LogP contribution is 2.31. The quantitative estimate of drug-likeness (QED) is 0.688. The number of nitrogens with one attached hydrogen (secondary N) is 1. The topological polar surface area (TPSA) is 24.5 Å². The van der Waals surface area contributed by atoms with Gasteiger partial charge in [0.05, 0.1) is 5.60 Å². The fraction of sp³-hybridized carbons (Fsp3) is 1.00. The van der Waals surface area contributed by atoms with E-state index in [-0.39, 0.29) is 5.60 Å². The van der Waals surface area contributed by atoms with Crippen LogP contribution in [-0.2, 0) is 4.74 Å². The molecule has 0 amide bonds. The second-order valence-corrected chi connectivity index (χ2v) is 6.30. The van der Waals surface area contributed by atoms with Crippen LogP contribution in [0.15, 0.2) is 0 Å². The third-order valence-electron chi connectivity index (χ3n) is 4.27. The Bertz CT molecular complexity index is 238. The minimum Gasteiger partial charge on any atom is -0.379 e. The largest absolute Gasteiger partial charge is 0.379 e. The molecule has 1 N–H and O–H groups in total. The molecule has 3 nitrogen and oxygen atoms in total. The van der Waals surface area contributed by atoms with E-state index >= 15 is 0 Å². The van der Waals surface area contributed by atoms with E-state index in [0.29, 0.717) is 0 Å². The van der Waals surface area contributed by atoms with Crippen LogP contribution < -0.4 is 5.32 Å². The SMILES string of the molecule is COC(C)(C)CCNCC1CCN(C2CC2)C1. The van der Waals surface area contributed by atoms with Gasteiger partial charge in [0.2, 0.25) is 0 Å². The van der Waals surface area contributed by atoms with Gasteiger partial charge in [-0.1, -0.05) is 0 Å². The first-order valence-corrected chi connectivity index (χ1v) is 7.10. The zero-order valence-electron chi connectivity index (χ0n) is 11.7. The van der Waals surface area contributed by atoms with Crippen molar-refractivity contribution >= 4 is 0 Å². The molecule has 1 saturated heterocycles. The molecular formula is C14H28N2O. The van der Waals surface area contributed by atoms with Crippen molar-refractivity contribution < 1.29 is 4.74 Å². The smallest absolute Gasteiger partial charge is 0.0634 e. The molecule has 0 radical (unpaired) electrons. The molecule has 1 heterocycles. The molecule has 100 valence electrons. The normalized spacial score (nSPS) is 26.6. The van der Waals surface area contributed by atoms with Crippen molar-refractivity contribution in [1.82, 2.24) is 10.2 Å². The van der Waals surface area contributed by atoms with Gasteiger partial charge in [-0.2, -0.15) is 0 Å². The summed E-state index contributed by atoms with van der Waals surface area (Å²) in [6.07, 6.45) is 5.37. The van der Waals surface area contributed by atoms with Crippen LogP contribution in [0, 0.1) is 5.92 Å². The molecule has 1 unspecified atom stereocenters. The van der Waals surface area contributed by atoms with Crippen LogP contribution in [0.5, 0.6) is 0 Å². The summed E-state index contributed by atoms with van der Waals surface area (Å²) in [5.74, 6) is 0.876. The molecule has 0 aromatic carbocycles. The van der Waals surface area contributed by atoms with E-state index < -0.39 is 0 Å². The predicted molar refractivity (Wildman–Crippen MR) is 71.3 cm³/mol. The van der Waals surface area contributed by atoms with Gasteiger partial charge in [0.1, 0.15) is 0 Å². The average Bonchev–Trinajstić information content (AvgIpc) is 3.05. The summed E-state index contributed by atoms with van der Waals surface area (Å²) in [6, 6.07) is 0.951. The minimum atomic E-state index is 0.0166. The first-order valence-electron chi connectivity index (χ1n) is 7.10. The van der Waals surface area contributed by atoms with Gasteiger partial charge in [-0.25, -0.2) is 0 Å². The molecule has 3 heteroatoms. The van der Waals surface area contributed by atoms with E-state index in [1.54, 1.807) is 7.11 Å². The van der Waals surface area contributed by atoms with E-state index in [0.717, 1.165) is 24.9 Å². The molecule has 1 atom stereocenters. The third kappa shape index (κ3) is 4.23.